The number of fused-ring (bicyclic) bond motifs is 1. The van der Waals surface area contributed by atoms with E-state index in [1.54, 1.807) is 12.6 Å². The number of aromatic amines is 1. The van der Waals surface area contributed by atoms with E-state index in [-0.39, 0.29) is 11.9 Å². The van der Waals surface area contributed by atoms with Gasteiger partial charge >= 0.3 is 0 Å². The van der Waals surface area contributed by atoms with Crippen molar-refractivity contribution >= 4 is 22.5 Å². The number of rotatable bonds is 4. The van der Waals surface area contributed by atoms with Crippen LogP contribution in [0.4, 0.5) is 0 Å². The Morgan fingerprint density at radius 2 is 2.36 bits per heavy atom. The van der Waals surface area contributed by atoms with Crippen molar-refractivity contribution < 1.29 is 9.21 Å². The quantitative estimate of drug-likeness (QED) is 0.716. The van der Waals surface area contributed by atoms with Gasteiger partial charge in [-0.25, -0.2) is 9.97 Å². The average molecular weight is 334 g/mol. The lowest BCUT2D eigenvalue weighted by Crippen LogP contribution is -2.34. The third kappa shape index (κ3) is 2.87. The van der Waals surface area contributed by atoms with E-state index in [1.807, 2.05) is 18.3 Å². The Labute approximate surface area is 144 Å². The molecule has 0 unspecified atom stereocenters. The van der Waals surface area contributed by atoms with Crippen LogP contribution in [0.25, 0.3) is 27.9 Å². The fraction of sp³-hybridized carbons (Fsp3) is 0.211. The van der Waals surface area contributed by atoms with Crippen molar-refractivity contribution in [2.75, 3.05) is 0 Å². The van der Waals surface area contributed by atoms with E-state index in [9.17, 15) is 4.79 Å². The zero-order valence-corrected chi connectivity index (χ0v) is 13.7. The first-order valence-corrected chi connectivity index (χ1v) is 8.24. The molecule has 3 aromatic heterocycles. The number of allylic oxidation sites excluding steroid dienone is 1. The molecule has 4 rings (SSSR count). The van der Waals surface area contributed by atoms with Crippen LogP contribution in [-0.2, 0) is 4.79 Å². The first-order valence-electron chi connectivity index (χ1n) is 8.24. The van der Waals surface area contributed by atoms with Crippen LogP contribution >= 0.6 is 0 Å². The first kappa shape index (κ1) is 15.4. The minimum atomic E-state index is -0.142. The molecule has 0 saturated carbocycles. The van der Waals surface area contributed by atoms with E-state index in [2.05, 4.69) is 32.9 Å². The lowest BCUT2D eigenvalue weighted by atomic mass is 9.91. The molecule has 0 aromatic carbocycles. The van der Waals surface area contributed by atoms with Crippen molar-refractivity contribution in [2.24, 2.45) is 0 Å². The van der Waals surface area contributed by atoms with E-state index in [0.717, 1.165) is 52.9 Å². The van der Waals surface area contributed by atoms with Gasteiger partial charge in [-0.15, -0.1) is 0 Å². The van der Waals surface area contributed by atoms with E-state index < -0.39 is 0 Å². The molecule has 1 aliphatic rings. The Balaban J connectivity index is 1.74. The Hall–Kier alpha value is -3.15. The highest BCUT2D eigenvalue weighted by Gasteiger charge is 2.22. The zero-order valence-electron chi connectivity index (χ0n) is 13.7. The smallest absolute Gasteiger partial charge is 0.243 e. The van der Waals surface area contributed by atoms with E-state index in [4.69, 9.17) is 4.42 Å². The summed E-state index contributed by atoms with van der Waals surface area (Å²) < 4.78 is 5.55. The molecular weight excluding hydrogens is 316 g/mol. The van der Waals surface area contributed by atoms with Gasteiger partial charge in [0.2, 0.25) is 5.91 Å². The highest BCUT2D eigenvalue weighted by Crippen LogP contribution is 2.35. The SMILES string of the molecule is C=CC(=O)N[C@@H]1CCC=C(c2ncnc3[nH]cc(-c4ccco4)c23)C1. The minimum absolute atomic E-state index is 0.0847. The van der Waals surface area contributed by atoms with Gasteiger partial charge in [-0.2, -0.15) is 0 Å². The largest absolute Gasteiger partial charge is 0.464 e. The van der Waals surface area contributed by atoms with E-state index in [1.165, 1.54) is 6.08 Å². The molecule has 0 spiro atoms. The molecule has 0 saturated heterocycles. The number of carbonyl (C=O) groups excluding carboxylic acids is 1. The number of hydrogen-bond donors (Lipinski definition) is 2. The lowest BCUT2D eigenvalue weighted by Gasteiger charge is -2.23. The summed E-state index contributed by atoms with van der Waals surface area (Å²) in [5.74, 6) is 0.632. The second kappa shape index (κ2) is 6.39. The van der Waals surface area contributed by atoms with Gasteiger partial charge in [-0.1, -0.05) is 12.7 Å². The monoisotopic (exact) mass is 334 g/mol. The molecule has 0 bridgehead atoms. The van der Waals surface area contributed by atoms with Crippen molar-refractivity contribution in [3.63, 3.8) is 0 Å². The Bertz CT molecular complexity index is 953. The average Bonchev–Trinajstić information content (AvgIpc) is 3.30. The molecule has 25 heavy (non-hydrogen) atoms. The number of nitrogens with one attached hydrogen (secondary N) is 2. The minimum Gasteiger partial charge on any atom is -0.464 e. The summed E-state index contributed by atoms with van der Waals surface area (Å²) in [4.78, 5) is 23.7. The summed E-state index contributed by atoms with van der Waals surface area (Å²) in [6.07, 6.45) is 11.1. The molecule has 0 radical (unpaired) electrons. The third-order valence-corrected chi connectivity index (χ3v) is 4.46. The van der Waals surface area contributed by atoms with Gasteiger partial charge in [0.25, 0.3) is 0 Å². The van der Waals surface area contributed by atoms with Crippen LogP contribution in [0.5, 0.6) is 0 Å². The lowest BCUT2D eigenvalue weighted by molar-refractivity contribution is -0.117. The number of carbonyl (C=O) groups is 1. The Kier molecular flexibility index (Phi) is 3.93. The summed E-state index contributed by atoms with van der Waals surface area (Å²) in [6.45, 7) is 3.52. The predicted molar refractivity (Wildman–Crippen MR) is 95.5 cm³/mol. The van der Waals surface area contributed by atoms with Crippen molar-refractivity contribution in [3.05, 3.63) is 55.3 Å². The van der Waals surface area contributed by atoms with Gasteiger partial charge in [0, 0.05) is 17.8 Å². The number of amides is 1. The van der Waals surface area contributed by atoms with Gasteiger partial charge in [0.1, 0.15) is 17.7 Å². The molecular formula is C19H18N4O2. The molecule has 3 aromatic rings. The molecule has 0 aliphatic heterocycles. The maximum Gasteiger partial charge on any atom is 0.243 e. The molecule has 2 N–H and O–H groups in total. The van der Waals surface area contributed by atoms with Gasteiger partial charge in [-0.3, -0.25) is 4.79 Å². The van der Waals surface area contributed by atoms with Crippen molar-refractivity contribution in [3.8, 4) is 11.3 Å². The Morgan fingerprint density at radius 1 is 1.44 bits per heavy atom. The number of nitrogens with zero attached hydrogens (tertiary/aromatic N) is 2. The van der Waals surface area contributed by atoms with Crippen LogP contribution in [0.1, 0.15) is 25.0 Å². The molecule has 126 valence electrons. The molecule has 1 aliphatic carbocycles. The maximum absolute atomic E-state index is 11.6. The van der Waals surface area contributed by atoms with Crippen molar-refractivity contribution in [1.82, 2.24) is 20.3 Å². The van der Waals surface area contributed by atoms with Gasteiger partial charge in [0.15, 0.2) is 0 Å². The summed E-state index contributed by atoms with van der Waals surface area (Å²) in [5, 5.41) is 3.93. The zero-order chi connectivity index (χ0) is 17.2. The van der Waals surface area contributed by atoms with Gasteiger partial charge in [0.05, 0.1) is 17.3 Å². The summed E-state index contributed by atoms with van der Waals surface area (Å²) in [7, 11) is 0. The van der Waals surface area contributed by atoms with Gasteiger partial charge < -0.3 is 14.7 Å². The molecule has 0 fully saturated rings. The van der Waals surface area contributed by atoms with Crippen LogP contribution in [0.3, 0.4) is 0 Å². The van der Waals surface area contributed by atoms with Gasteiger partial charge in [-0.05, 0) is 43.0 Å². The van der Waals surface area contributed by atoms with Crippen LogP contribution in [0, 0.1) is 0 Å². The third-order valence-electron chi connectivity index (χ3n) is 4.46. The van der Waals surface area contributed by atoms with Crippen LogP contribution in [0.2, 0.25) is 0 Å². The molecule has 1 atom stereocenters. The predicted octanol–water partition coefficient (Wildman–Crippen LogP) is 3.46. The summed E-state index contributed by atoms with van der Waals surface area (Å²) in [5.41, 5.74) is 3.71. The first-order chi connectivity index (χ1) is 12.3. The summed E-state index contributed by atoms with van der Waals surface area (Å²) >= 11 is 0. The molecule has 6 heteroatoms. The van der Waals surface area contributed by atoms with Crippen molar-refractivity contribution in [2.45, 2.75) is 25.3 Å². The molecule has 1 amide bonds. The fourth-order valence-electron chi connectivity index (χ4n) is 3.32. The Morgan fingerprint density at radius 3 is 3.16 bits per heavy atom. The van der Waals surface area contributed by atoms with Crippen LogP contribution in [0.15, 0.2) is 54.1 Å². The summed E-state index contributed by atoms with van der Waals surface area (Å²) in [6, 6.07) is 3.86. The van der Waals surface area contributed by atoms with Crippen LogP contribution in [-0.4, -0.2) is 26.9 Å². The molecule has 6 nitrogen and oxygen atoms in total. The van der Waals surface area contributed by atoms with Crippen LogP contribution < -0.4 is 5.32 Å². The maximum atomic E-state index is 11.6. The number of furan rings is 1. The standard InChI is InChI=1S/C19H18N4O2/c1-2-16(24)23-13-6-3-5-12(9-13)18-17-14(15-7-4-8-25-15)10-20-19(17)22-11-21-18/h2,4-5,7-8,10-11,13H,1,3,6,9H2,(H,23,24)(H,20,21,22)/t13-/m1/s1. The highest BCUT2D eigenvalue weighted by molar-refractivity contribution is 5.99. The molecule has 3 heterocycles. The topological polar surface area (TPSA) is 83.8 Å². The second-order valence-corrected chi connectivity index (χ2v) is 6.05. The highest BCUT2D eigenvalue weighted by atomic mass is 16.3. The number of aromatic nitrogens is 3. The normalized spacial score (nSPS) is 17.3. The second-order valence-electron chi connectivity index (χ2n) is 6.05. The van der Waals surface area contributed by atoms with E-state index >= 15 is 0 Å². The van der Waals surface area contributed by atoms with Crippen molar-refractivity contribution in [1.29, 1.82) is 0 Å². The fourth-order valence-corrected chi connectivity index (χ4v) is 3.32. The van der Waals surface area contributed by atoms with E-state index in [0.29, 0.717) is 0 Å². The number of hydrogen-bond acceptors (Lipinski definition) is 4. The number of H-pyrrole nitrogens is 1.